The lowest BCUT2D eigenvalue weighted by Gasteiger charge is -2.52. The van der Waals surface area contributed by atoms with Gasteiger partial charge in [0, 0.05) is 11.5 Å². The summed E-state index contributed by atoms with van der Waals surface area (Å²) in [5.74, 6) is -10.5. The Hall–Kier alpha value is -4.35. The molecule has 2 fully saturated rings. The molecular formula is C31H32N2O9. The lowest BCUT2D eigenvalue weighted by Crippen LogP contribution is -2.74. The normalized spacial score (nSPS) is 28.9. The average molecular weight is 577 g/mol. The summed E-state index contributed by atoms with van der Waals surface area (Å²) in [6, 6.07) is 6.94. The highest BCUT2D eigenvalue weighted by Gasteiger charge is 2.69. The number of nitrogens with two attached hydrogens (primary N) is 1. The number of benzene rings is 2. The number of ketones is 4. The second-order valence-corrected chi connectivity index (χ2v) is 11.4. The van der Waals surface area contributed by atoms with E-state index in [9.17, 15) is 39.3 Å². The number of aromatic hydroxyl groups is 2. The molecule has 42 heavy (non-hydrogen) atoms. The number of phenolic OH excluding ortho intramolecular Hbond substituents is 2. The van der Waals surface area contributed by atoms with E-state index in [2.05, 4.69) is 0 Å². The number of amides is 1. The van der Waals surface area contributed by atoms with Crippen molar-refractivity contribution in [2.75, 3.05) is 21.2 Å². The highest BCUT2D eigenvalue weighted by Crippen LogP contribution is 2.51. The summed E-state index contributed by atoms with van der Waals surface area (Å²) in [4.78, 5) is 67.8. The Morgan fingerprint density at radius 2 is 1.83 bits per heavy atom. The molecule has 3 aliphatic rings. The molecule has 0 heterocycles. The molecule has 1 amide bonds. The third-order valence-electron chi connectivity index (χ3n) is 8.92. The Bertz CT molecular complexity index is 1560. The molecule has 11 heteroatoms. The van der Waals surface area contributed by atoms with Crippen molar-refractivity contribution in [3.8, 4) is 17.2 Å². The Balaban J connectivity index is 1.53. The number of fused-ring (bicyclic) bond motifs is 3. The molecule has 6 atom stereocenters. The molecule has 5 rings (SSSR count). The van der Waals surface area contributed by atoms with Crippen LogP contribution in [-0.2, 0) is 32.0 Å². The highest BCUT2D eigenvalue weighted by atomic mass is 16.5. The minimum atomic E-state index is -2.76. The van der Waals surface area contributed by atoms with Crippen LogP contribution in [0.3, 0.4) is 0 Å². The van der Waals surface area contributed by atoms with Crippen LogP contribution in [0.5, 0.6) is 17.2 Å². The fourth-order valence-electron chi connectivity index (χ4n) is 6.99. The van der Waals surface area contributed by atoms with Gasteiger partial charge in [0.1, 0.15) is 5.75 Å². The number of aliphatic hydroxyl groups is 1. The second kappa shape index (κ2) is 10.5. The molecular weight excluding hydrogens is 544 g/mol. The zero-order valence-corrected chi connectivity index (χ0v) is 23.4. The number of carbonyl (C=O) groups is 5. The van der Waals surface area contributed by atoms with Crippen LogP contribution in [0.25, 0.3) is 6.08 Å². The quantitative estimate of drug-likeness (QED) is 0.359. The smallest absolute Gasteiger partial charge is 0.235 e. The second-order valence-electron chi connectivity index (χ2n) is 11.4. The van der Waals surface area contributed by atoms with E-state index >= 15 is 0 Å². The van der Waals surface area contributed by atoms with Crippen molar-refractivity contribution in [2.24, 2.45) is 29.4 Å². The number of phenols is 2. The first kappa shape index (κ1) is 29.2. The number of hydrogen-bond donors (Lipinski definition) is 4. The summed E-state index contributed by atoms with van der Waals surface area (Å²) in [6.45, 7) is 0. The van der Waals surface area contributed by atoms with Crippen LogP contribution in [-0.4, -0.2) is 82.1 Å². The summed E-state index contributed by atoms with van der Waals surface area (Å²) in [7, 11) is 4.53. The van der Waals surface area contributed by atoms with Crippen molar-refractivity contribution in [1.82, 2.24) is 4.90 Å². The van der Waals surface area contributed by atoms with Gasteiger partial charge in [-0.15, -0.1) is 0 Å². The number of nitrogens with zero attached hydrogens (tertiary/aromatic N) is 1. The van der Waals surface area contributed by atoms with Gasteiger partial charge in [-0.3, -0.25) is 28.9 Å². The van der Waals surface area contributed by atoms with E-state index in [0.717, 1.165) is 0 Å². The van der Waals surface area contributed by atoms with Gasteiger partial charge in [-0.1, -0.05) is 30.4 Å². The highest BCUT2D eigenvalue weighted by molar-refractivity contribution is 6.32. The van der Waals surface area contributed by atoms with Crippen LogP contribution in [0, 0.1) is 23.7 Å². The minimum Gasteiger partial charge on any atom is -0.507 e. The van der Waals surface area contributed by atoms with Crippen molar-refractivity contribution in [3.05, 3.63) is 58.7 Å². The van der Waals surface area contributed by atoms with E-state index in [0.29, 0.717) is 28.9 Å². The van der Waals surface area contributed by atoms with Crippen molar-refractivity contribution in [1.29, 1.82) is 0 Å². The topological polar surface area (TPSA) is 185 Å². The standard InChI is InChI=1S/C31H32N2O9/c1-33(2)24-18-13-16-12-17-14(6-4-7-15-8-5-9-20(42-3)25(15)35)10-11-19(34)22(17)26(36)21(16)28(38)31(18,41)29(39)23(27(24)37)30(32)40/h4-6,8-11,16,18,21,23-24,34-35,41H,7,12-13H2,1-3H3,(H2,32,40)/b6-4-/t16-,18-,21?,23?,24-,31-/m0/s1. The number of carbonyl (C=O) groups excluding carboxylic acids is 5. The maximum absolute atomic E-state index is 13.9. The summed E-state index contributed by atoms with van der Waals surface area (Å²) >= 11 is 0. The largest absolute Gasteiger partial charge is 0.507 e. The zero-order valence-electron chi connectivity index (χ0n) is 23.4. The van der Waals surface area contributed by atoms with Crippen molar-refractivity contribution >= 4 is 35.1 Å². The number of ether oxygens (including phenoxy) is 1. The summed E-state index contributed by atoms with van der Waals surface area (Å²) in [6.07, 6.45) is 4.00. The molecule has 3 aliphatic carbocycles. The first-order valence-corrected chi connectivity index (χ1v) is 13.5. The van der Waals surface area contributed by atoms with Gasteiger partial charge in [0.05, 0.1) is 24.6 Å². The fraction of sp³-hybridized carbons (Fsp3) is 0.387. The van der Waals surface area contributed by atoms with Gasteiger partial charge in [-0.05, 0) is 62.5 Å². The molecule has 2 saturated carbocycles. The Morgan fingerprint density at radius 3 is 2.48 bits per heavy atom. The molecule has 11 nitrogen and oxygen atoms in total. The third kappa shape index (κ3) is 4.23. The SMILES string of the molecule is COc1cccc(C/C=C\c2ccc(O)c3c2C[C@H]2C[C@H]4[C@H](N(C)C)C(=O)C(C(N)=O)C(=O)[C@@]4(O)C(=O)C2C3=O)c1O. The molecule has 2 unspecified atom stereocenters. The van der Waals surface area contributed by atoms with E-state index in [1.807, 2.05) is 0 Å². The molecule has 2 aromatic carbocycles. The van der Waals surface area contributed by atoms with Crippen molar-refractivity contribution in [3.63, 3.8) is 0 Å². The van der Waals surface area contributed by atoms with Crippen molar-refractivity contribution < 1.29 is 44.0 Å². The van der Waals surface area contributed by atoms with Gasteiger partial charge in [0.2, 0.25) is 5.91 Å². The lowest BCUT2D eigenvalue weighted by atomic mass is 9.52. The predicted octanol–water partition coefficient (Wildman–Crippen LogP) is 0.837. The molecule has 0 saturated heterocycles. The van der Waals surface area contributed by atoms with E-state index in [-0.39, 0.29) is 29.9 Å². The van der Waals surface area contributed by atoms with Crippen LogP contribution >= 0.6 is 0 Å². The van der Waals surface area contributed by atoms with Crippen molar-refractivity contribution in [2.45, 2.75) is 30.9 Å². The molecule has 5 N–H and O–H groups in total. The molecule has 0 aliphatic heterocycles. The number of Topliss-reactive ketones (excluding diaryl/α,β-unsaturated/α-hetero) is 4. The van der Waals surface area contributed by atoms with E-state index in [1.165, 1.54) is 32.2 Å². The molecule has 0 bridgehead atoms. The zero-order chi connectivity index (χ0) is 30.7. The maximum Gasteiger partial charge on any atom is 0.235 e. The fourth-order valence-corrected chi connectivity index (χ4v) is 6.99. The molecule has 0 spiro atoms. The maximum atomic E-state index is 13.9. The Kier molecular flexibility index (Phi) is 7.28. The van der Waals surface area contributed by atoms with Crippen LogP contribution in [0.4, 0.5) is 0 Å². The number of primary amides is 1. The van der Waals surface area contributed by atoms with E-state index < -0.39 is 64.4 Å². The first-order valence-electron chi connectivity index (χ1n) is 13.5. The van der Waals surface area contributed by atoms with Crippen LogP contribution in [0.2, 0.25) is 0 Å². The van der Waals surface area contributed by atoms with Gasteiger partial charge < -0.3 is 25.8 Å². The van der Waals surface area contributed by atoms with Crippen LogP contribution in [0.1, 0.15) is 33.5 Å². The summed E-state index contributed by atoms with van der Waals surface area (Å²) < 4.78 is 5.15. The lowest BCUT2D eigenvalue weighted by molar-refractivity contribution is -0.181. The number of likely N-dealkylation sites (N-methyl/N-ethyl adjacent to an activating group) is 1. The average Bonchev–Trinajstić information content (AvgIpc) is 2.92. The van der Waals surface area contributed by atoms with Gasteiger partial charge in [0.25, 0.3) is 0 Å². The summed E-state index contributed by atoms with van der Waals surface area (Å²) in [5.41, 5.74) is 4.23. The Morgan fingerprint density at radius 1 is 1.12 bits per heavy atom. The van der Waals surface area contributed by atoms with E-state index in [1.54, 1.807) is 36.4 Å². The van der Waals surface area contributed by atoms with Gasteiger partial charge in [-0.25, -0.2) is 0 Å². The molecule has 2 aromatic rings. The molecule has 0 radical (unpaired) electrons. The minimum absolute atomic E-state index is 0.00852. The Labute approximate surface area is 241 Å². The van der Waals surface area contributed by atoms with Crippen LogP contribution in [0.15, 0.2) is 36.4 Å². The number of rotatable bonds is 6. The van der Waals surface area contributed by atoms with Gasteiger partial charge in [0.15, 0.2) is 46.2 Å². The van der Waals surface area contributed by atoms with Gasteiger partial charge >= 0.3 is 0 Å². The predicted molar refractivity (Wildman–Crippen MR) is 149 cm³/mol. The number of allylic oxidation sites excluding steroid dienone is 1. The monoisotopic (exact) mass is 576 g/mol. The number of methoxy groups -OCH3 is 1. The van der Waals surface area contributed by atoms with Crippen LogP contribution < -0.4 is 10.5 Å². The number of para-hydroxylation sites is 1. The molecule has 220 valence electrons. The third-order valence-corrected chi connectivity index (χ3v) is 8.92. The van der Waals surface area contributed by atoms with E-state index in [4.69, 9.17) is 10.5 Å². The van der Waals surface area contributed by atoms with Gasteiger partial charge in [-0.2, -0.15) is 0 Å². The number of hydrogen-bond acceptors (Lipinski definition) is 10. The summed E-state index contributed by atoms with van der Waals surface area (Å²) in [5, 5.41) is 32.7. The first-order chi connectivity index (χ1) is 19.8. The molecule has 0 aromatic heterocycles.